The Labute approximate surface area is 169 Å². The summed E-state index contributed by atoms with van der Waals surface area (Å²) in [7, 11) is 1.50. The van der Waals surface area contributed by atoms with E-state index in [1.54, 1.807) is 29.2 Å². The molecule has 1 aliphatic heterocycles. The number of rotatable bonds is 7. The van der Waals surface area contributed by atoms with Gasteiger partial charge in [-0.15, -0.1) is 0 Å². The molecule has 1 fully saturated rings. The summed E-state index contributed by atoms with van der Waals surface area (Å²) in [5.74, 6) is -1.22. The van der Waals surface area contributed by atoms with Crippen molar-refractivity contribution in [3.63, 3.8) is 0 Å². The third kappa shape index (κ3) is 4.74. The van der Waals surface area contributed by atoms with Crippen molar-refractivity contribution < 1.29 is 23.9 Å². The lowest BCUT2D eigenvalue weighted by molar-refractivity contribution is -0.151. The first-order valence-electron chi connectivity index (χ1n) is 9.51. The normalized spacial score (nSPS) is 15.9. The zero-order valence-electron chi connectivity index (χ0n) is 16.5. The molecule has 0 radical (unpaired) electrons. The van der Waals surface area contributed by atoms with E-state index in [9.17, 15) is 14.4 Å². The topological polar surface area (TPSA) is 84.9 Å². The maximum Gasteiger partial charge on any atom is 0.311 e. The fourth-order valence-corrected chi connectivity index (χ4v) is 3.36. The molecule has 1 aliphatic rings. The van der Waals surface area contributed by atoms with Gasteiger partial charge in [0.1, 0.15) is 5.75 Å². The molecule has 2 aromatic carbocycles. The third-order valence-electron chi connectivity index (χ3n) is 4.85. The third-order valence-corrected chi connectivity index (χ3v) is 4.85. The minimum Gasteiger partial charge on any atom is -0.495 e. The zero-order chi connectivity index (χ0) is 20.8. The number of ether oxygens (including phenoxy) is 2. The quantitative estimate of drug-likeness (QED) is 0.728. The maximum atomic E-state index is 12.4. The lowest BCUT2D eigenvalue weighted by atomic mass is 10.1. The first-order valence-corrected chi connectivity index (χ1v) is 9.51. The van der Waals surface area contributed by atoms with Crippen LogP contribution in [0.25, 0.3) is 0 Å². The van der Waals surface area contributed by atoms with Crippen LogP contribution in [0.2, 0.25) is 0 Å². The van der Waals surface area contributed by atoms with Crippen LogP contribution in [0.4, 0.5) is 11.4 Å². The Morgan fingerprint density at radius 2 is 1.86 bits per heavy atom. The van der Waals surface area contributed by atoms with E-state index >= 15 is 0 Å². The Bertz CT molecular complexity index is 912. The Hall–Kier alpha value is -3.35. The first kappa shape index (κ1) is 20.4. The van der Waals surface area contributed by atoms with E-state index in [1.807, 2.05) is 31.2 Å². The molecule has 2 amide bonds. The number of nitrogens with one attached hydrogen (secondary N) is 1. The van der Waals surface area contributed by atoms with Crippen LogP contribution in [-0.4, -0.2) is 38.0 Å². The molecule has 1 unspecified atom stereocenters. The van der Waals surface area contributed by atoms with Crippen molar-refractivity contribution in [3.05, 3.63) is 54.1 Å². The second-order valence-electron chi connectivity index (χ2n) is 6.74. The summed E-state index contributed by atoms with van der Waals surface area (Å²) in [5.41, 5.74) is 2.37. The van der Waals surface area contributed by atoms with Crippen molar-refractivity contribution >= 4 is 29.2 Å². The summed E-state index contributed by atoms with van der Waals surface area (Å²) in [6.45, 7) is 1.85. The van der Waals surface area contributed by atoms with Crippen molar-refractivity contribution in [1.82, 2.24) is 0 Å². The summed E-state index contributed by atoms with van der Waals surface area (Å²) in [6, 6.07) is 14.6. The monoisotopic (exact) mass is 396 g/mol. The summed E-state index contributed by atoms with van der Waals surface area (Å²) in [5, 5.41) is 2.65. The second kappa shape index (κ2) is 9.23. The van der Waals surface area contributed by atoms with Gasteiger partial charge >= 0.3 is 5.97 Å². The maximum absolute atomic E-state index is 12.4. The Balaban J connectivity index is 1.56. The van der Waals surface area contributed by atoms with Gasteiger partial charge in [-0.2, -0.15) is 0 Å². The molecule has 1 N–H and O–H groups in total. The molecule has 0 aromatic heterocycles. The number of benzene rings is 2. The van der Waals surface area contributed by atoms with Gasteiger partial charge in [0, 0.05) is 18.7 Å². The number of carbonyl (C=O) groups excluding carboxylic acids is 3. The smallest absolute Gasteiger partial charge is 0.311 e. The van der Waals surface area contributed by atoms with Gasteiger partial charge in [-0.25, -0.2) is 0 Å². The average molecular weight is 396 g/mol. The predicted molar refractivity (Wildman–Crippen MR) is 109 cm³/mol. The van der Waals surface area contributed by atoms with E-state index in [4.69, 9.17) is 9.47 Å². The minimum absolute atomic E-state index is 0.0744. The van der Waals surface area contributed by atoms with E-state index in [1.165, 1.54) is 7.11 Å². The van der Waals surface area contributed by atoms with E-state index in [0.29, 0.717) is 11.4 Å². The fourth-order valence-electron chi connectivity index (χ4n) is 3.36. The standard InChI is InChI=1S/C22H24N2O5/c1-3-15-8-4-6-10-18(15)24-13-16(12-21(24)26)22(27)29-14-20(25)23-17-9-5-7-11-19(17)28-2/h4-11,16H,3,12-14H2,1-2H3,(H,23,25). The molecule has 1 atom stereocenters. The molecular weight excluding hydrogens is 372 g/mol. The van der Waals surface area contributed by atoms with E-state index in [2.05, 4.69) is 5.32 Å². The highest BCUT2D eigenvalue weighted by molar-refractivity contribution is 6.00. The number of nitrogens with zero attached hydrogens (tertiary/aromatic N) is 1. The largest absolute Gasteiger partial charge is 0.495 e. The van der Waals surface area contributed by atoms with Crippen molar-refractivity contribution in [2.45, 2.75) is 19.8 Å². The first-order chi connectivity index (χ1) is 14.0. The average Bonchev–Trinajstić information content (AvgIpc) is 3.13. The summed E-state index contributed by atoms with van der Waals surface area (Å²) >= 11 is 0. The van der Waals surface area contributed by atoms with Crippen LogP contribution in [0.5, 0.6) is 5.75 Å². The number of methoxy groups -OCH3 is 1. The highest BCUT2D eigenvalue weighted by Gasteiger charge is 2.37. The molecule has 1 heterocycles. The number of esters is 1. The van der Waals surface area contributed by atoms with Crippen LogP contribution in [-0.2, 0) is 25.5 Å². The number of aryl methyl sites for hydroxylation is 1. The van der Waals surface area contributed by atoms with Crippen molar-refractivity contribution in [3.8, 4) is 5.75 Å². The number of para-hydroxylation sites is 3. The van der Waals surface area contributed by atoms with Crippen LogP contribution in [0, 0.1) is 5.92 Å². The molecule has 29 heavy (non-hydrogen) atoms. The van der Waals surface area contributed by atoms with Crippen LogP contribution in [0.3, 0.4) is 0 Å². The fraction of sp³-hybridized carbons (Fsp3) is 0.318. The highest BCUT2D eigenvalue weighted by atomic mass is 16.5. The van der Waals surface area contributed by atoms with Gasteiger partial charge in [0.25, 0.3) is 5.91 Å². The molecule has 7 heteroatoms. The van der Waals surface area contributed by atoms with E-state index in [0.717, 1.165) is 17.7 Å². The lowest BCUT2D eigenvalue weighted by Gasteiger charge is -2.19. The van der Waals surface area contributed by atoms with Crippen LogP contribution >= 0.6 is 0 Å². The zero-order valence-corrected chi connectivity index (χ0v) is 16.5. The Kier molecular flexibility index (Phi) is 6.49. The molecule has 0 aliphatic carbocycles. The summed E-state index contributed by atoms with van der Waals surface area (Å²) < 4.78 is 10.3. The van der Waals surface area contributed by atoms with Crippen LogP contribution < -0.4 is 15.0 Å². The van der Waals surface area contributed by atoms with E-state index < -0.39 is 24.4 Å². The van der Waals surface area contributed by atoms with Crippen molar-refractivity contribution in [2.75, 3.05) is 30.5 Å². The molecule has 2 aromatic rings. The SMILES string of the molecule is CCc1ccccc1N1CC(C(=O)OCC(=O)Nc2ccccc2OC)CC1=O. The summed E-state index contributed by atoms with van der Waals surface area (Å²) in [6.07, 6.45) is 0.864. The predicted octanol–water partition coefficient (Wildman–Crippen LogP) is 2.79. The van der Waals surface area contributed by atoms with Gasteiger partial charge in [0.2, 0.25) is 5.91 Å². The van der Waals surface area contributed by atoms with Crippen molar-refractivity contribution in [1.29, 1.82) is 0 Å². The lowest BCUT2D eigenvalue weighted by Crippen LogP contribution is -2.28. The molecule has 0 bridgehead atoms. The minimum atomic E-state index is -0.591. The highest BCUT2D eigenvalue weighted by Crippen LogP contribution is 2.29. The molecule has 7 nitrogen and oxygen atoms in total. The van der Waals surface area contributed by atoms with Gasteiger partial charge in [-0.1, -0.05) is 37.3 Å². The number of anilines is 2. The molecule has 152 valence electrons. The number of hydrogen-bond acceptors (Lipinski definition) is 5. The number of carbonyl (C=O) groups is 3. The second-order valence-corrected chi connectivity index (χ2v) is 6.74. The van der Waals surface area contributed by atoms with Gasteiger partial charge in [-0.05, 0) is 30.2 Å². The molecular formula is C22H24N2O5. The Morgan fingerprint density at radius 1 is 1.14 bits per heavy atom. The van der Waals surface area contributed by atoms with Gasteiger partial charge in [-0.3, -0.25) is 14.4 Å². The molecule has 0 saturated carbocycles. The van der Waals surface area contributed by atoms with Crippen LogP contribution in [0.15, 0.2) is 48.5 Å². The van der Waals surface area contributed by atoms with Gasteiger partial charge in [0.05, 0.1) is 18.7 Å². The van der Waals surface area contributed by atoms with Gasteiger partial charge in [0.15, 0.2) is 6.61 Å². The van der Waals surface area contributed by atoms with E-state index in [-0.39, 0.29) is 18.9 Å². The van der Waals surface area contributed by atoms with Crippen molar-refractivity contribution in [2.24, 2.45) is 5.92 Å². The number of hydrogen-bond donors (Lipinski definition) is 1. The number of amides is 2. The van der Waals surface area contributed by atoms with Gasteiger partial charge < -0.3 is 19.7 Å². The van der Waals surface area contributed by atoms with Crippen LogP contribution in [0.1, 0.15) is 18.9 Å². The molecule has 3 rings (SSSR count). The summed E-state index contributed by atoms with van der Waals surface area (Å²) in [4.78, 5) is 38.6. The molecule has 1 saturated heterocycles. The Morgan fingerprint density at radius 3 is 2.62 bits per heavy atom. The molecule has 0 spiro atoms.